The van der Waals surface area contributed by atoms with Crippen LogP contribution in [-0.4, -0.2) is 47.6 Å². The fourth-order valence-corrected chi connectivity index (χ4v) is 3.86. The van der Waals surface area contributed by atoms with Crippen LogP contribution in [0.4, 0.5) is 4.79 Å². The molecule has 174 valence electrons. The van der Waals surface area contributed by atoms with Crippen LogP contribution >= 0.6 is 11.6 Å². The molecule has 1 saturated carbocycles. The van der Waals surface area contributed by atoms with Crippen LogP contribution in [0, 0.1) is 5.41 Å². The van der Waals surface area contributed by atoms with Crippen LogP contribution in [0.3, 0.4) is 0 Å². The number of halogens is 1. The topological polar surface area (TPSA) is 67.9 Å². The lowest BCUT2D eigenvalue weighted by molar-refractivity contribution is -0.143. The van der Waals surface area contributed by atoms with Gasteiger partial charge in [0, 0.05) is 24.5 Å². The summed E-state index contributed by atoms with van der Waals surface area (Å²) in [4.78, 5) is 27.4. The predicted octanol–water partition coefficient (Wildman–Crippen LogP) is 5.12. The van der Waals surface area contributed by atoms with Crippen LogP contribution in [0.15, 0.2) is 24.3 Å². The molecule has 1 N–H and O–H groups in total. The van der Waals surface area contributed by atoms with Crippen molar-refractivity contribution in [2.24, 2.45) is 5.41 Å². The number of alkyl halides is 1. The lowest BCUT2D eigenvalue weighted by Gasteiger charge is -2.40. The Balaban J connectivity index is 2.07. The van der Waals surface area contributed by atoms with Crippen molar-refractivity contribution in [3.05, 3.63) is 29.8 Å². The van der Waals surface area contributed by atoms with Crippen molar-refractivity contribution < 1.29 is 19.1 Å². The number of carbonyl (C=O) groups excluding carboxylic acids is 2. The lowest BCUT2D eigenvalue weighted by Crippen LogP contribution is -2.50. The van der Waals surface area contributed by atoms with Crippen molar-refractivity contribution in [2.75, 3.05) is 13.0 Å². The van der Waals surface area contributed by atoms with Gasteiger partial charge in [0.15, 0.2) is 0 Å². The van der Waals surface area contributed by atoms with Gasteiger partial charge in [0.2, 0.25) is 5.91 Å². The maximum absolute atomic E-state index is 13.4. The summed E-state index contributed by atoms with van der Waals surface area (Å²) in [6, 6.07) is 7.96. The SMILES string of the molecule is COc1ccc(CN(C(=O)C(C)(C)CCl)[C@H]2CC[C@H](NC(=O)OC(C)(C)C)CC2)cc1. The van der Waals surface area contributed by atoms with Crippen molar-refractivity contribution in [3.63, 3.8) is 0 Å². The van der Waals surface area contributed by atoms with Crippen LogP contribution in [0.25, 0.3) is 0 Å². The van der Waals surface area contributed by atoms with Gasteiger partial charge in [-0.25, -0.2) is 4.79 Å². The van der Waals surface area contributed by atoms with Gasteiger partial charge in [-0.2, -0.15) is 0 Å². The molecule has 0 bridgehead atoms. The zero-order valence-electron chi connectivity index (χ0n) is 19.7. The summed E-state index contributed by atoms with van der Waals surface area (Å²) in [7, 11) is 1.64. The van der Waals surface area contributed by atoms with E-state index in [9.17, 15) is 9.59 Å². The van der Waals surface area contributed by atoms with Gasteiger partial charge in [0.1, 0.15) is 11.4 Å². The molecule has 6 nitrogen and oxygen atoms in total. The van der Waals surface area contributed by atoms with E-state index in [4.69, 9.17) is 21.1 Å². The van der Waals surface area contributed by atoms with Crippen LogP contribution < -0.4 is 10.1 Å². The summed E-state index contributed by atoms with van der Waals surface area (Å²) >= 11 is 6.12. The Hall–Kier alpha value is -1.95. The van der Waals surface area contributed by atoms with Gasteiger partial charge in [-0.05, 0) is 78.0 Å². The molecule has 0 unspecified atom stereocenters. The molecule has 1 aliphatic carbocycles. The van der Waals surface area contributed by atoms with Crippen LogP contribution in [0.5, 0.6) is 5.75 Å². The Morgan fingerprint density at radius 2 is 1.65 bits per heavy atom. The highest BCUT2D eigenvalue weighted by atomic mass is 35.5. The van der Waals surface area contributed by atoms with Crippen molar-refractivity contribution in [2.45, 2.75) is 84.5 Å². The van der Waals surface area contributed by atoms with Crippen molar-refractivity contribution >= 4 is 23.6 Å². The summed E-state index contributed by atoms with van der Waals surface area (Å²) in [6.45, 7) is 9.86. The van der Waals surface area contributed by atoms with Gasteiger partial charge in [-0.3, -0.25) is 4.79 Å². The molecular weight excluding hydrogens is 416 g/mol. The maximum Gasteiger partial charge on any atom is 0.407 e. The molecule has 31 heavy (non-hydrogen) atoms. The Morgan fingerprint density at radius 3 is 2.13 bits per heavy atom. The van der Waals surface area contributed by atoms with Crippen LogP contribution in [0.1, 0.15) is 65.9 Å². The Kier molecular flexibility index (Phi) is 8.64. The first-order valence-corrected chi connectivity index (χ1v) is 11.5. The fraction of sp³-hybridized carbons (Fsp3) is 0.667. The first kappa shape index (κ1) is 25.3. The average Bonchev–Trinajstić information content (AvgIpc) is 2.71. The van der Waals surface area contributed by atoms with Gasteiger partial charge in [-0.1, -0.05) is 12.1 Å². The van der Waals surface area contributed by atoms with E-state index in [2.05, 4.69) is 5.32 Å². The number of rotatable bonds is 7. The second-order valence-electron chi connectivity index (χ2n) is 9.95. The van der Waals surface area contributed by atoms with E-state index in [0.717, 1.165) is 37.0 Å². The number of carbonyl (C=O) groups is 2. The first-order valence-electron chi connectivity index (χ1n) is 10.9. The van der Waals surface area contributed by atoms with Crippen LogP contribution in [0.2, 0.25) is 0 Å². The van der Waals surface area contributed by atoms with E-state index >= 15 is 0 Å². The predicted molar refractivity (Wildman–Crippen MR) is 123 cm³/mol. The third kappa shape index (κ3) is 7.60. The molecular formula is C24H37ClN2O4. The number of benzene rings is 1. The quantitative estimate of drug-likeness (QED) is 0.582. The Morgan fingerprint density at radius 1 is 1.06 bits per heavy atom. The van der Waals surface area contributed by atoms with Gasteiger partial charge in [-0.15, -0.1) is 11.6 Å². The van der Waals surface area contributed by atoms with E-state index in [1.54, 1.807) is 7.11 Å². The number of ether oxygens (including phenoxy) is 2. The molecule has 1 aromatic carbocycles. The second kappa shape index (κ2) is 10.6. The van der Waals surface area contributed by atoms with E-state index in [0.29, 0.717) is 6.54 Å². The minimum absolute atomic E-state index is 0.0573. The molecule has 0 heterocycles. The normalized spacial score (nSPS) is 19.5. The smallest absolute Gasteiger partial charge is 0.407 e. The van der Waals surface area contributed by atoms with Gasteiger partial charge in [0.25, 0.3) is 0 Å². The number of nitrogens with one attached hydrogen (secondary N) is 1. The molecule has 0 radical (unpaired) electrons. The van der Waals surface area contributed by atoms with Crippen LogP contribution in [-0.2, 0) is 16.1 Å². The molecule has 2 rings (SSSR count). The Labute approximate surface area is 191 Å². The first-order chi connectivity index (χ1) is 14.4. The van der Waals surface area contributed by atoms with Gasteiger partial charge < -0.3 is 19.7 Å². The highest BCUT2D eigenvalue weighted by Crippen LogP contribution is 2.30. The minimum Gasteiger partial charge on any atom is -0.497 e. The summed E-state index contributed by atoms with van der Waals surface area (Å²) < 4.78 is 10.6. The third-order valence-corrected chi connectivity index (χ3v) is 6.21. The molecule has 0 spiro atoms. The largest absolute Gasteiger partial charge is 0.497 e. The molecule has 2 amide bonds. The summed E-state index contributed by atoms with van der Waals surface area (Å²) in [5.41, 5.74) is -0.108. The molecule has 0 atom stereocenters. The highest BCUT2D eigenvalue weighted by Gasteiger charge is 2.37. The summed E-state index contributed by atoms with van der Waals surface area (Å²) in [6.07, 6.45) is 2.86. The van der Waals surface area contributed by atoms with Crippen molar-refractivity contribution in [1.82, 2.24) is 10.2 Å². The summed E-state index contributed by atoms with van der Waals surface area (Å²) in [5, 5.41) is 2.97. The number of amides is 2. The van der Waals surface area contributed by atoms with Gasteiger partial charge in [0.05, 0.1) is 12.5 Å². The van der Waals surface area contributed by atoms with E-state index in [-0.39, 0.29) is 30.0 Å². The third-order valence-electron chi connectivity index (χ3n) is 5.54. The zero-order valence-corrected chi connectivity index (χ0v) is 20.4. The monoisotopic (exact) mass is 452 g/mol. The fourth-order valence-electron chi connectivity index (χ4n) is 3.75. The molecule has 1 fully saturated rings. The summed E-state index contributed by atoms with van der Waals surface area (Å²) in [5.74, 6) is 1.11. The number of alkyl carbamates (subject to hydrolysis) is 1. The number of nitrogens with zero attached hydrogens (tertiary/aromatic N) is 1. The molecule has 0 aliphatic heterocycles. The van der Waals surface area contributed by atoms with Crippen molar-refractivity contribution in [1.29, 1.82) is 0 Å². The molecule has 0 saturated heterocycles. The second-order valence-corrected chi connectivity index (χ2v) is 10.2. The number of hydrogen-bond donors (Lipinski definition) is 1. The standard InChI is InChI=1S/C24H37ClN2O4/c1-23(2,3)31-22(29)26-18-9-11-19(12-10-18)27(21(28)24(4,5)16-25)15-17-7-13-20(30-6)14-8-17/h7-8,13-14,18-19H,9-12,15-16H2,1-6H3,(H,26,29)/t18-,19-. The highest BCUT2D eigenvalue weighted by molar-refractivity contribution is 6.19. The Bertz CT molecular complexity index is 735. The van der Waals surface area contributed by atoms with Crippen molar-refractivity contribution in [3.8, 4) is 5.75 Å². The average molecular weight is 453 g/mol. The maximum atomic E-state index is 13.4. The van der Waals surface area contributed by atoms with E-state index in [1.165, 1.54) is 0 Å². The molecule has 1 aliphatic rings. The molecule has 1 aromatic rings. The number of methoxy groups -OCH3 is 1. The van der Waals surface area contributed by atoms with E-state index in [1.807, 2.05) is 63.8 Å². The molecule has 7 heteroatoms. The number of hydrogen-bond acceptors (Lipinski definition) is 4. The zero-order chi connectivity index (χ0) is 23.2. The minimum atomic E-state index is -0.639. The lowest BCUT2D eigenvalue weighted by atomic mass is 9.87. The van der Waals surface area contributed by atoms with Gasteiger partial charge >= 0.3 is 6.09 Å². The van der Waals surface area contributed by atoms with E-state index < -0.39 is 11.0 Å². The molecule has 0 aromatic heterocycles.